The van der Waals surface area contributed by atoms with Crippen molar-refractivity contribution in [3.8, 4) is 22.5 Å². The van der Waals surface area contributed by atoms with Crippen LogP contribution in [0.3, 0.4) is 0 Å². The van der Waals surface area contributed by atoms with E-state index in [-0.39, 0.29) is 0 Å². The Hall–Kier alpha value is -3.86. The van der Waals surface area contributed by atoms with Gasteiger partial charge in [0.2, 0.25) is 0 Å². The van der Waals surface area contributed by atoms with Crippen LogP contribution in [0.25, 0.3) is 33.7 Å². The summed E-state index contributed by atoms with van der Waals surface area (Å²) in [6.45, 7) is 0. The number of hydrogen-bond donors (Lipinski definition) is 0. The van der Waals surface area contributed by atoms with E-state index >= 15 is 0 Å². The topological polar surface area (TPSA) is 25.8 Å². The zero-order valence-electron chi connectivity index (χ0n) is 20.4. The normalized spacial score (nSPS) is 19.9. The van der Waals surface area contributed by atoms with Crippen molar-refractivity contribution in [3.05, 3.63) is 132 Å². The standard InChI is InChI=1S/C34H22N2S2/c1-2-10-26-24(8-1)25-9-3-4-11-27(25)29-18-21(16-17-28(26)29)34-35-19-22(20-36-34)23-12-7-15-32-33(23)38-31-14-6-5-13-30(31)37-32/h1-20,24-25H. The Kier molecular flexibility index (Phi) is 5.17. The molecule has 38 heavy (non-hydrogen) atoms. The van der Waals surface area contributed by atoms with Crippen molar-refractivity contribution < 1.29 is 0 Å². The number of rotatable bonds is 2. The van der Waals surface area contributed by atoms with Crippen molar-refractivity contribution in [2.75, 3.05) is 0 Å². The highest BCUT2D eigenvalue weighted by molar-refractivity contribution is 8.05. The molecule has 8 rings (SSSR count). The van der Waals surface area contributed by atoms with Gasteiger partial charge >= 0.3 is 0 Å². The minimum absolute atomic E-state index is 0.368. The quantitative estimate of drug-likeness (QED) is 0.244. The zero-order valence-corrected chi connectivity index (χ0v) is 22.0. The summed E-state index contributed by atoms with van der Waals surface area (Å²) < 4.78 is 0. The first kappa shape index (κ1) is 22.2. The minimum atomic E-state index is 0.368. The molecule has 2 atom stereocenters. The predicted octanol–water partition coefficient (Wildman–Crippen LogP) is 7.23. The molecule has 0 spiro atoms. The molecule has 2 unspecified atom stereocenters. The molecule has 0 bridgehead atoms. The Morgan fingerprint density at radius 3 is 2.03 bits per heavy atom. The average molecular weight is 523 g/mol. The van der Waals surface area contributed by atoms with Gasteiger partial charge in [-0.1, -0.05) is 109 Å². The molecule has 180 valence electrons. The van der Waals surface area contributed by atoms with Crippen LogP contribution in [0.2, 0.25) is 0 Å². The molecule has 4 aromatic rings. The highest BCUT2D eigenvalue weighted by Gasteiger charge is 2.29. The molecule has 1 aromatic heterocycles. The second kappa shape index (κ2) is 8.87. The highest BCUT2D eigenvalue weighted by atomic mass is 32.2. The lowest BCUT2D eigenvalue weighted by Gasteiger charge is -2.31. The molecule has 0 N–H and O–H groups in total. The first-order valence-electron chi connectivity index (χ1n) is 12.8. The summed E-state index contributed by atoms with van der Waals surface area (Å²) in [5.74, 6) is 1.52. The van der Waals surface area contributed by atoms with Crippen LogP contribution >= 0.6 is 23.5 Å². The monoisotopic (exact) mass is 522 g/mol. The third-order valence-corrected chi connectivity index (χ3v) is 10.3. The molecule has 0 fully saturated rings. The molecule has 1 aliphatic heterocycles. The van der Waals surface area contributed by atoms with Crippen molar-refractivity contribution in [3.63, 3.8) is 0 Å². The van der Waals surface area contributed by atoms with Gasteiger partial charge in [-0.05, 0) is 51.4 Å². The van der Waals surface area contributed by atoms with Gasteiger partial charge in [-0.3, -0.25) is 0 Å². The van der Waals surface area contributed by atoms with Crippen molar-refractivity contribution in [2.24, 2.45) is 11.8 Å². The maximum absolute atomic E-state index is 4.85. The fourth-order valence-electron chi connectivity index (χ4n) is 5.85. The second-order valence-corrected chi connectivity index (χ2v) is 11.9. The van der Waals surface area contributed by atoms with Crippen molar-refractivity contribution in [2.45, 2.75) is 19.6 Å². The van der Waals surface area contributed by atoms with E-state index in [9.17, 15) is 0 Å². The van der Waals surface area contributed by atoms with Gasteiger partial charge in [0.25, 0.3) is 0 Å². The van der Waals surface area contributed by atoms with Crippen LogP contribution in [-0.4, -0.2) is 9.97 Å². The maximum atomic E-state index is 4.85. The van der Waals surface area contributed by atoms with Crippen molar-refractivity contribution in [1.29, 1.82) is 0 Å². The molecule has 2 nitrogen and oxygen atoms in total. The Morgan fingerprint density at radius 2 is 1.26 bits per heavy atom. The molecule has 3 aromatic carbocycles. The smallest absolute Gasteiger partial charge is 0.159 e. The number of aromatic nitrogens is 2. The van der Waals surface area contributed by atoms with Gasteiger partial charge in [0, 0.05) is 54.9 Å². The summed E-state index contributed by atoms with van der Waals surface area (Å²) in [4.78, 5) is 14.9. The summed E-state index contributed by atoms with van der Waals surface area (Å²) in [5.41, 5.74) is 6.05. The van der Waals surface area contributed by atoms with E-state index in [1.165, 1.54) is 46.7 Å². The number of benzene rings is 3. The van der Waals surface area contributed by atoms with Crippen LogP contribution < -0.4 is 10.4 Å². The van der Waals surface area contributed by atoms with Crippen LogP contribution in [0.1, 0.15) is 0 Å². The van der Waals surface area contributed by atoms with Crippen molar-refractivity contribution in [1.82, 2.24) is 9.97 Å². The maximum Gasteiger partial charge on any atom is 0.159 e. The van der Waals surface area contributed by atoms with Gasteiger partial charge < -0.3 is 0 Å². The predicted molar refractivity (Wildman–Crippen MR) is 157 cm³/mol. The first-order chi connectivity index (χ1) is 18.8. The Balaban J connectivity index is 1.20. The van der Waals surface area contributed by atoms with E-state index in [4.69, 9.17) is 9.97 Å². The first-order valence-corrected chi connectivity index (χ1v) is 14.5. The molecule has 0 amide bonds. The van der Waals surface area contributed by atoms with Crippen LogP contribution in [0.5, 0.6) is 0 Å². The molecular weight excluding hydrogens is 501 g/mol. The molecule has 3 aliphatic carbocycles. The van der Waals surface area contributed by atoms with Crippen molar-refractivity contribution >= 4 is 34.7 Å². The SMILES string of the molecule is C1=CC2=c3ccc(-c4ncc(-c5cccc6c5Sc5ccccc5S6)cn4)cc3=C3C=CC=CC3C2C=C1. The lowest BCUT2D eigenvalue weighted by atomic mass is 9.72. The summed E-state index contributed by atoms with van der Waals surface area (Å²) >= 11 is 3.67. The lowest BCUT2D eigenvalue weighted by Crippen LogP contribution is -2.39. The van der Waals surface area contributed by atoms with E-state index < -0.39 is 0 Å². The Labute approximate surface area is 230 Å². The fraction of sp³-hybridized carbons (Fsp3) is 0.0588. The van der Waals surface area contributed by atoms with E-state index in [0.717, 1.165) is 17.0 Å². The van der Waals surface area contributed by atoms with E-state index in [1.807, 2.05) is 35.9 Å². The average Bonchev–Trinajstić information content (AvgIpc) is 3.00. The van der Waals surface area contributed by atoms with Crippen LogP contribution in [-0.2, 0) is 0 Å². The highest BCUT2D eigenvalue weighted by Crippen LogP contribution is 2.51. The van der Waals surface area contributed by atoms with Gasteiger partial charge in [-0.15, -0.1) is 0 Å². The third-order valence-electron chi connectivity index (χ3n) is 7.64. The lowest BCUT2D eigenvalue weighted by molar-refractivity contribution is 0.694. The molecular formula is C34H22N2S2. The minimum Gasteiger partial charge on any atom is -0.236 e. The molecule has 2 heterocycles. The van der Waals surface area contributed by atoms with Gasteiger partial charge in [-0.25, -0.2) is 9.97 Å². The van der Waals surface area contributed by atoms with Gasteiger partial charge in [-0.2, -0.15) is 0 Å². The van der Waals surface area contributed by atoms with E-state index in [1.54, 1.807) is 0 Å². The number of fused-ring (bicyclic) bond motifs is 6. The zero-order chi connectivity index (χ0) is 25.1. The van der Waals surface area contributed by atoms with Crippen LogP contribution in [0, 0.1) is 11.8 Å². The molecule has 0 radical (unpaired) electrons. The molecule has 4 aliphatic rings. The third kappa shape index (κ3) is 3.52. The summed E-state index contributed by atoms with van der Waals surface area (Å²) in [6.07, 6.45) is 21.8. The van der Waals surface area contributed by atoms with Crippen LogP contribution in [0.4, 0.5) is 0 Å². The van der Waals surface area contributed by atoms with Gasteiger partial charge in [0.1, 0.15) is 0 Å². The van der Waals surface area contributed by atoms with Gasteiger partial charge in [0.15, 0.2) is 5.82 Å². The summed E-state index contributed by atoms with van der Waals surface area (Å²) in [5, 5.41) is 2.60. The number of nitrogens with zero attached hydrogens (tertiary/aromatic N) is 2. The largest absolute Gasteiger partial charge is 0.236 e. The summed E-state index contributed by atoms with van der Waals surface area (Å²) in [6, 6.07) is 21.8. The van der Waals surface area contributed by atoms with E-state index in [2.05, 4.69) is 109 Å². The Morgan fingerprint density at radius 1 is 0.579 bits per heavy atom. The van der Waals surface area contributed by atoms with E-state index in [0.29, 0.717) is 11.8 Å². The van der Waals surface area contributed by atoms with Gasteiger partial charge in [0.05, 0.1) is 0 Å². The Bertz CT molecular complexity index is 1880. The molecule has 4 heteroatoms. The fourth-order valence-corrected chi connectivity index (χ4v) is 8.25. The number of hydrogen-bond acceptors (Lipinski definition) is 4. The number of allylic oxidation sites excluding steroid dienone is 8. The summed E-state index contributed by atoms with van der Waals surface area (Å²) in [7, 11) is 0. The molecule has 0 saturated carbocycles. The second-order valence-electron chi connectivity index (χ2n) is 9.79. The van der Waals surface area contributed by atoms with Crippen LogP contribution in [0.15, 0.2) is 141 Å². The molecule has 0 saturated heterocycles.